The lowest BCUT2D eigenvalue weighted by Gasteiger charge is -2.29. The number of para-hydroxylation sites is 1. The Hall–Kier alpha value is -3.11. The van der Waals surface area contributed by atoms with Gasteiger partial charge in [0.2, 0.25) is 11.6 Å². The van der Waals surface area contributed by atoms with Crippen molar-refractivity contribution in [1.82, 2.24) is 0 Å². The van der Waals surface area contributed by atoms with Gasteiger partial charge in [0.05, 0.1) is 4.91 Å². The summed E-state index contributed by atoms with van der Waals surface area (Å²) >= 11 is 1.40. The molecule has 0 bridgehead atoms. The van der Waals surface area contributed by atoms with E-state index < -0.39 is 0 Å². The van der Waals surface area contributed by atoms with E-state index in [1.54, 1.807) is 24.3 Å². The highest BCUT2D eigenvalue weighted by Crippen LogP contribution is 2.43. The number of nitrogens with zero attached hydrogens (tertiary/aromatic N) is 1. The van der Waals surface area contributed by atoms with Gasteiger partial charge in [-0.2, -0.15) is 0 Å². The molecule has 4 heteroatoms. The van der Waals surface area contributed by atoms with Crippen LogP contribution < -0.4 is 4.90 Å². The van der Waals surface area contributed by atoms with E-state index in [2.05, 4.69) is 6.07 Å². The molecule has 5 rings (SSSR count). The van der Waals surface area contributed by atoms with Crippen LogP contribution in [0.3, 0.4) is 0 Å². The van der Waals surface area contributed by atoms with Gasteiger partial charge < -0.3 is 4.90 Å². The Bertz CT molecular complexity index is 1120. The second-order valence-corrected chi connectivity index (χ2v) is 7.57. The smallest absolute Gasteiger partial charge is 0.211 e. The average Bonchev–Trinajstić information content (AvgIpc) is 2.90. The molecular weight excluding hydrogens is 354 g/mol. The number of hydrogen-bond acceptors (Lipinski definition) is 4. The van der Waals surface area contributed by atoms with Gasteiger partial charge in [0.15, 0.2) is 0 Å². The van der Waals surface area contributed by atoms with E-state index >= 15 is 0 Å². The first-order valence-electron chi connectivity index (χ1n) is 8.75. The van der Waals surface area contributed by atoms with Crippen molar-refractivity contribution in [3.05, 3.63) is 106 Å². The molecule has 0 radical (unpaired) electrons. The van der Waals surface area contributed by atoms with Crippen molar-refractivity contribution in [3.63, 3.8) is 0 Å². The topological polar surface area (TPSA) is 37.4 Å². The van der Waals surface area contributed by atoms with Crippen molar-refractivity contribution in [2.75, 3.05) is 4.90 Å². The summed E-state index contributed by atoms with van der Waals surface area (Å²) in [6.07, 6.45) is 0. The van der Waals surface area contributed by atoms with Gasteiger partial charge in [-0.3, -0.25) is 9.59 Å². The summed E-state index contributed by atoms with van der Waals surface area (Å²) in [5.41, 5.74) is 3.45. The number of thioether (sulfide) groups is 1. The van der Waals surface area contributed by atoms with Gasteiger partial charge in [-0.15, -0.1) is 0 Å². The predicted octanol–water partition coefficient (Wildman–Crippen LogP) is 5.09. The van der Waals surface area contributed by atoms with E-state index in [9.17, 15) is 9.59 Å². The van der Waals surface area contributed by atoms with Crippen molar-refractivity contribution in [3.8, 4) is 0 Å². The highest BCUT2D eigenvalue weighted by molar-refractivity contribution is 8.04. The number of ketones is 2. The molecule has 0 N–H and O–H groups in total. The molecule has 2 aliphatic rings. The fraction of sp³-hybridized carbons (Fsp3) is 0.0435. The first-order valence-corrected chi connectivity index (χ1v) is 9.57. The Kier molecular flexibility index (Phi) is 3.73. The van der Waals surface area contributed by atoms with Crippen LogP contribution in [0.1, 0.15) is 26.3 Å². The van der Waals surface area contributed by atoms with E-state index in [1.807, 2.05) is 53.4 Å². The van der Waals surface area contributed by atoms with Gasteiger partial charge in [-0.25, -0.2) is 0 Å². The third kappa shape index (κ3) is 2.53. The highest BCUT2D eigenvalue weighted by atomic mass is 32.2. The molecule has 0 atom stereocenters. The van der Waals surface area contributed by atoms with E-state index in [1.165, 1.54) is 11.8 Å². The third-order valence-corrected chi connectivity index (χ3v) is 6.10. The monoisotopic (exact) mass is 369 g/mol. The van der Waals surface area contributed by atoms with Crippen LogP contribution >= 0.6 is 11.8 Å². The molecule has 1 heterocycles. The number of carbonyl (C=O) groups excluding carboxylic acids is 2. The molecule has 0 spiro atoms. The molecule has 0 unspecified atom stereocenters. The highest BCUT2D eigenvalue weighted by Gasteiger charge is 2.38. The minimum atomic E-state index is -0.0932. The molecule has 130 valence electrons. The van der Waals surface area contributed by atoms with E-state index in [-0.39, 0.29) is 11.6 Å². The third-order valence-electron chi connectivity index (χ3n) is 4.90. The number of rotatable bonds is 1. The minimum Gasteiger partial charge on any atom is -0.333 e. The average molecular weight is 369 g/mol. The number of anilines is 1. The molecule has 3 nitrogen and oxygen atoms in total. The Morgan fingerprint density at radius 2 is 1.33 bits per heavy atom. The van der Waals surface area contributed by atoms with Crippen LogP contribution in [0.5, 0.6) is 0 Å². The Morgan fingerprint density at radius 1 is 0.704 bits per heavy atom. The molecule has 0 saturated carbocycles. The summed E-state index contributed by atoms with van der Waals surface area (Å²) < 4.78 is 0. The molecule has 0 fully saturated rings. The van der Waals surface area contributed by atoms with Crippen LogP contribution in [-0.4, -0.2) is 11.6 Å². The SMILES string of the molecule is O=C1C2=C(C(=O)c3ccccc31)N(c1ccccc1)Cc1ccccc1S2. The summed E-state index contributed by atoms with van der Waals surface area (Å²) in [7, 11) is 0. The first kappa shape index (κ1) is 16.1. The van der Waals surface area contributed by atoms with Gasteiger partial charge in [0, 0.05) is 28.3 Å². The molecule has 1 aliphatic carbocycles. The number of fused-ring (bicyclic) bond motifs is 2. The van der Waals surface area contributed by atoms with Gasteiger partial charge >= 0.3 is 0 Å². The molecule has 0 amide bonds. The molecule has 0 saturated heterocycles. The summed E-state index contributed by atoms with van der Waals surface area (Å²) in [6, 6.07) is 24.9. The quantitative estimate of drug-likeness (QED) is 0.599. The fourth-order valence-corrected chi connectivity index (χ4v) is 4.73. The number of Topliss-reactive ketones (excluding diaryl/α,β-unsaturated/α-hetero) is 2. The maximum absolute atomic E-state index is 13.4. The lowest BCUT2D eigenvalue weighted by Crippen LogP contribution is -2.32. The molecule has 3 aromatic carbocycles. The van der Waals surface area contributed by atoms with Crippen LogP contribution in [-0.2, 0) is 6.54 Å². The zero-order chi connectivity index (χ0) is 18.4. The van der Waals surface area contributed by atoms with E-state index in [0.717, 1.165) is 16.1 Å². The van der Waals surface area contributed by atoms with Crippen LogP contribution in [0.4, 0.5) is 5.69 Å². The van der Waals surface area contributed by atoms with Crippen molar-refractivity contribution >= 4 is 29.0 Å². The predicted molar refractivity (Wildman–Crippen MR) is 107 cm³/mol. The van der Waals surface area contributed by atoms with Crippen molar-refractivity contribution < 1.29 is 9.59 Å². The summed E-state index contributed by atoms with van der Waals surface area (Å²) in [4.78, 5) is 30.2. The zero-order valence-corrected chi connectivity index (χ0v) is 15.2. The van der Waals surface area contributed by atoms with Crippen molar-refractivity contribution in [2.45, 2.75) is 11.4 Å². The molecule has 27 heavy (non-hydrogen) atoms. The van der Waals surface area contributed by atoms with E-state index in [0.29, 0.717) is 28.3 Å². The Balaban J connectivity index is 1.77. The lowest BCUT2D eigenvalue weighted by molar-refractivity contribution is 0.0979. The molecule has 0 aromatic heterocycles. The van der Waals surface area contributed by atoms with Crippen LogP contribution in [0.2, 0.25) is 0 Å². The summed E-state index contributed by atoms with van der Waals surface area (Å²) in [5.74, 6) is -0.174. The standard InChI is InChI=1S/C23H15NO2S/c25-21-17-11-5-6-12-18(17)22(26)23-20(21)24(16-9-2-1-3-10-16)14-15-8-4-7-13-19(15)27-23/h1-13H,14H2. The lowest BCUT2D eigenvalue weighted by atomic mass is 9.91. The van der Waals surface area contributed by atoms with Crippen molar-refractivity contribution in [2.24, 2.45) is 0 Å². The minimum absolute atomic E-state index is 0.0807. The largest absolute Gasteiger partial charge is 0.333 e. The normalized spacial score (nSPS) is 15.8. The summed E-state index contributed by atoms with van der Waals surface area (Å²) in [6.45, 7) is 0.549. The number of allylic oxidation sites excluding steroid dienone is 2. The maximum atomic E-state index is 13.4. The Labute approximate surface area is 161 Å². The maximum Gasteiger partial charge on any atom is 0.211 e. The number of benzene rings is 3. The van der Waals surface area contributed by atoms with Gasteiger partial charge in [0.1, 0.15) is 5.70 Å². The van der Waals surface area contributed by atoms with Gasteiger partial charge in [-0.1, -0.05) is 72.4 Å². The van der Waals surface area contributed by atoms with E-state index in [4.69, 9.17) is 0 Å². The van der Waals surface area contributed by atoms with Crippen molar-refractivity contribution in [1.29, 1.82) is 0 Å². The summed E-state index contributed by atoms with van der Waals surface area (Å²) in [5, 5.41) is 0. The van der Waals surface area contributed by atoms with Crippen LogP contribution in [0, 0.1) is 0 Å². The molecule has 1 aliphatic heterocycles. The molecule has 3 aromatic rings. The number of carbonyl (C=O) groups is 2. The van der Waals surface area contributed by atoms with Crippen LogP contribution in [0.25, 0.3) is 0 Å². The van der Waals surface area contributed by atoms with Gasteiger partial charge in [0.25, 0.3) is 0 Å². The number of hydrogen-bond donors (Lipinski definition) is 0. The second-order valence-electron chi connectivity index (χ2n) is 6.51. The first-order chi connectivity index (χ1) is 13.2. The zero-order valence-electron chi connectivity index (χ0n) is 14.4. The Morgan fingerprint density at radius 3 is 2.11 bits per heavy atom. The second kappa shape index (κ2) is 6.25. The fourth-order valence-electron chi connectivity index (χ4n) is 3.60. The van der Waals surface area contributed by atoms with Crippen LogP contribution in [0.15, 0.2) is 94.4 Å². The van der Waals surface area contributed by atoms with Gasteiger partial charge in [-0.05, 0) is 23.8 Å². The molecular formula is C23H15NO2S.